The number of amides is 1. The van der Waals surface area contributed by atoms with Gasteiger partial charge in [-0.25, -0.2) is 0 Å². The van der Waals surface area contributed by atoms with Crippen molar-refractivity contribution in [1.29, 1.82) is 0 Å². The molecule has 0 fully saturated rings. The second-order valence-corrected chi connectivity index (χ2v) is 5.64. The van der Waals surface area contributed by atoms with Crippen LogP contribution in [-0.2, 0) is 4.79 Å². The van der Waals surface area contributed by atoms with Crippen molar-refractivity contribution >= 4 is 28.5 Å². The van der Waals surface area contributed by atoms with Crippen molar-refractivity contribution in [2.45, 2.75) is 6.92 Å². The van der Waals surface area contributed by atoms with Gasteiger partial charge in [-0.1, -0.05) is 0 Å². The summed E-state index contributed by atoms with van der Waals surface area (Å²) in [6.45, 7) is 1.08. The Kier molecular flexibility index (Phi) is 6.75. The van der Waals surface area contributed by atoms with Gasteiger partial charge in [-0.05, 0) is 36.4 Å². The van der Waals surface area contributed by atoms with Crippen molar-refractivity contribution in [1.82, 2.24) is 4.98 Å². The van der Waals surface area contributed by atoms with Crippen LogP contribution in [0.1, 0.15) is 17.3 Å². The van der Waals surface area contributed by atoms with E-state index in [1.807, 2.05) is 0 Å². The highest BCUT2D eigenvalue weighted by molar-refractivity contribution is 6.05. The van der Waals surface area contributed by atoms with Crippen LogP contribution in [0.4, 0.5) is 5.69 Å². The molecule has 8 heteroatoms. The number of carbonyl (C=O) groups is 2. The van der Waals surface area contributed by atoms with Gasteiger partial charge in [0.1, 0.15) is 17.1 Å². The number of aromatic nitrogens is 1. The van der Waals surface area contributed by atoms with Gasteiger partial charge < -0.3 is 24.9 Å². The zero-order valence-electron chi connectivity index (χ0n) is 15.6. The van der Waals surface area contributed by atoms with Crippen LogP contribution in [0.3, 0.4) is 0 Å². The maximum absolute atomic E-state index is 12.5. The Morgan fingerprint density at radius 2 is 1.57 bits per heavy atom. The molecule has 1 aromatic heterocycles. The number of aliphatic carboxylic acids is 1. The lowest BCUT2D eigenvalue weighted by molar-refractivity contribution is -0.134. The molecular formula is C20H20N2O6. The summed E-state index contributed by atoms with van der Waals surface area (Å²) in [6.07, 6.45) is 1.41. The number of anilines is 1. The molecule has 3 rings (SSSR count). The quantitative estimate of drug-likeness (QED) is 0.637. The number of carbonyl (C=O) groups excluding carboxylic acids is 1. The maximum Gasteiger partial charge on any atom is 0.300 e. The first-order chi connectivity index (χ1) is 13.3. The number of carboxylic acid groups (broad SMARTS) is 1. The third-order valence-corrected chi connectivity index (χ3v) is 3.68. The number of hydrogen-bond acceptors (Lipinski definition) is 5. The number of methoxy groups -OCH3 is 2. The van der Waals surface area contributed by atoms with E-state index < -0.39 is 11.9 Å². The molecule has 0 saturated heterocycles. The van der Waals surface area contributed by atoms with Crippen LogP contribution in [0.25, 0.3) is 10.9 Å². The van der Waals surface area contributed by atoms with E-state index in [9.17, 15) is 9.59 Å². The minimum absolute atomic E-state index is 0.0449. The number of nitrogens with one attached hydrogen (secondary N) is 2. The summed E-state index contributed by atoms with van der Waals surface area (Å²) in [5, 5.41) is 10.5. The molecule has 0 saturated carbocycles. The Morgan fingerprint density at radius 3 is 2.14 bits per heavy atom. The number of H-pyrrole nitrogens is 1. The van der Waals surface area contributed by atoms with Crippen molar-refractivity contribution in [2.75, 3.05) is 19.5 Å². The van der Waals surface area contributed by atoms with E-state index in [1.54, 1.807) is 56.7 Å². The zero-order chi connectivity index (χ0) is 20.7. The molecule has 28 heavy (non-hydrogen) atoms. The topological polar surface area (TPSA) is 118 Å². The highest BCUT2D eigenvalue weighted by Crippen LogP contribution is 2.18. The second-order valence-electron chi connectivity index (χ2n) is 5.64. The molecule has 0 atom stereocenters. The van der Waals surface area contributed by atoms with Gasteiger partial charge in [0.2, 0.25) is 5.43 Å². The van der Waals surface area contributed by atoms with Crippen molar-refractivity contribution in [3.8, 4) is 11.5 Å². The molecule has 8 nitrogen and oxygen atoms in total. The number of ether oxygens (including phenoxy) is 2. The van der Waals surface area contributed by atoms with E-state index >= 15 is 0 Å². The average molecular weight is 384 g/mol. The van der Waals surface area contributed by atoms with Crippen LogP contribution in [0.15, 0.2) is 53.5 Å². The third-order valence-electron chi connectivity index (χ3n) is 3.68. The fourth-order valence-corrected chi connectivity index (χ4v) is 2.37. The highest BCUT2D eigenvalue weighted by atomic mass is 16.5. The first kappa shape index (κ1) is 20.5. The van der Waals surface area contributed by atoms with Crippen LogP contribution in [0.2, 0.25) is 0 Å². The first-order valence-corrected chi connectivity index (χ1v) is 8.20. The molecule has 3 aromatic rings. The molecule has 0 aliphatic rings. The van der Waals surface area contributed by atoms with Crippen LogP contribution >= 0.6 is 0 Å². The van der Waals surface area contributed by atoms with Crippen LogP contribution in [0.5, 0.6) is 11.5 Å². The summed E-state index contributed by atoms with van der Waals surface area (Å²) in [7, 11) is 3.12. The van der Waals surface area contributed by atoms with Gasteiger partial charge in [0.25, 0.3) is 11.9 Å². The number of hydrogen-bond donors (Lipinski definition) is 3. The molecule has 2 aromatic carbocycles. The predicted molar refractivity (Wildman–Crippen MR) is 105 cm³/mol. The summed E-state index contributed by atoms with van der Waals surface area (Å²) in [5.74, 6) is 0.0122. The molecule has 0 aliphatic heterocycles. The number of rotatable bonds is 4. The highest BCUT2D eigenvalue weighted by Gasteiger charge is 2.13. The van der Waals surface area contributed by atoms with Crippen molar-refractivity contribution in [3.63, 3.8) is 0 Å². The number of aromatic amines is 1. The lowest BCUT2D eigenvalue weighted by Gasteiger charge is -2.07. The Hall–Kier alpha value is -3.81. The standard InChI is InChI=1S/C18H16N2O4.C2H4O2/c1-23-12-5-3-11(4-6-12)20-18(22)15-10-19-16-9-13(24-2)7-8-14(16)17(15)21;1-2(3)4/h3-10H,1-2H3,(H,19,21)(H,20,22);1H3,(H,3,4). The van der Waals surface area contributed by atoms with Gasteiger partial charge in [0, 0.05) is 30.3 Å². The summed E-state index contributed by atoms with van der Waals surface area (Å²) in [5.41, 5.74) is 0.899. The monoisotopic (exact) mass is 384 g/mol. The Morgan fingerprint density at radius 1 is 1.00 bits per heavy atom. The normalized spacial score (nSPS) is 9.82. The largest absolute Gasteiger partial charge is 0.497 e. The van der Waals surface area contributed by atoms with Crippen LogP contribution < -0.4 is 20.2 Å². The second kappa shape index (κ2) is 9.22. The average Bonchev–Trinajstić information content (AvgIpc) is 2.68. The van der Waals surface area contributed by atoms with E-state index in [4.69, 9.17) is 19.4 Å². The third kappa shape index (κ3) is 5.10. The minimum Gasteiger partial charge on any atom is -0.497 e. The van der Waals surface area contributed by atoms with E-state index in [0.29, 0.717) is 28.1 Å². The SMILES string of the molecule is CC(=O)O.COc1ccc(NC(=O)c2c[nH]c3cc(OC)ccc3c2=O)cc1. The fourth-order valence-electron chi connectivity index (χ4n) is 2.37. The molecule has 0 aliphatic carbocycles. The number of carboxylic acids is 1. The van der Waals surface area contributed by atoms with Gasteiger partial charge in [-0.2, -0.15) is 0 Å². The van der Waals surface area contributed by atoms with Gasteiger partial charge >= 0.3 is 0 Å². The van der Waals surface area contributed by atoms with Gasteiger partial charge in [0.05, 0.1) is 19.7 Å². The zero-order valence-corrected chi connectivity index (χ0v) is 15.6. The number of fused-ring (bicyclic) bond motifs is 1. The first-order valence-electron chi connectivity index (χ1n) is 8.20. The lowest BCUT2D eigenvalue weighted by Crippen LogP contribution is -2.21. The van der Waals surface area contributed by atoms with Gasteiger partial charge in [0.15, 0.2) is 0 Å². The number of benzene rings is 2. The van der Waals surface area contributed by atoms with Gasteiger partial charge in [-0.3, -0.25) is 14.4 Å². The van der Waals surface area contributed by atoms with Crippen LogP contribution in [0, 0.1) is 0 Å². The van der Waals surface area contributed by atoms with Gasteiger partial charge in [-0.15, -0.1) is 0 Å². The van der Waals surface area contributed by atoms with Crippen LogP contribution in [-0.4, -0.2) is 36.2 Å². The Labute approximate surface area is 160 Å². The maximum atomic E-state index is 12.5. The molecule has 0 radical (unpaired) electrons. The Bertz CT molecular complexity index is 1040. The molecular weight excluding hydrogens is 364 g/mol. The molecule has 0 unspecified atom stereocenters. The molecule has 1 amide bonds. The van der Waals surface area contributed by atoms with E-state index in [0.717, 1.165) is 6.92 Å². The summed E-state index contributed by atoms with van der Waals surface area (Å²) in [6, 6.07) is 11.9. The molecule has 0 bridgehead atoms. The summed E-state index contributed by atoms with van der Waals surface area (Å²) >= 11 is 0. The van der Waals surface area contributed by atoms with Crippen molar-refractivity contribution in [3.05, 3.63) is 64.4 Å². The summed E-state index contributed by atoms with van der Waals surface area (Å²) < 4.78 is 10.2. The van der Waals surface area contributed by atoms with E-state index in [2.05, 4.69) is 10.3 Å². The smallest absolute Gasteiger partial charge is 0.300 e. The lowest BCUT2D eigenvalue weighted by atomic mass is 10.1. The summed E-state index contributed by atoms with van der Waals surface area (Å²) in [4.78, 5) is 36.8. The molecule has 1 heterocycles. The van der Waals surface area contributed by atoms with Crippen molar-refractivity contribution in [2.24, 2.45) is 0 Å². The van der Waals surface area contributed by atoms with Crippen molar-refractivity contribution < 1.29 is 24.2 Å². The predicted octanol–water partition coefficient (Wildman–Crippen LogP) is 2.89. The molecule has 3 N–H and O–H groups in total. The molecule has 0 spiro atoms. The number of pyridine rings is 1. The Balaban J connectivity index is 0.000000640. The minimum atomic E-state index is -0.833. The fraction of sp³-hybridized carbons (Fsp3) is 0.150. The van der Waals surface area contributed by atoms with E-state index in [1.165, 1.54) is 6.20 Å². The molecule has 146 valence electrons. The van der Waals surface area contributed by atoms with E-state index in [-0.39, 0.29) is 11.0 Å².